The third kappa shape index (κ3) is 6.03. The summed E-state index contributed by atoms with van der Waals surface area (Å²) in [6.45, 7) is 2.18. The molecule has 138 valence electrons. The summed E-state index contributed by atoms with van der Waals surface area (Å²) in [6.07, 6.45) is 7.16. The van der Waals surface area contributed by atoms with Gasteiger partial charge in [0.15, 0.2) is 0 Å². The molecule has 0 aliphatic carbocycles. The number of hydrogen-bond acceptors (Lipinski definition) is 3. The second-order valence-corrected chi connectivity index (χ2v) is 6.37. The van der Waals surface area contributed by atoms with Crippen LogP contribution in [0, 0.1) is 0 Å². The second kappa shape index (κ2) is 10.4. The Morgan fingerprint density at radius 2 is 1.54 bits per heavy atom. The molecule has 0 saturated heterocycles. The second-order valence-electron chi connectivity index (χ2n) is 6.37. The number of benzene rings is 2. The van der Waals surface area contributed by atoms with Gasteiger partial charge < -0.3 is 9.84 Å². The molecular weight excluding hydrogens is 328 g/mol. The summed E-state index contributed by atoms with van der Waals surface area (Å²) in [7, 11) is 0. The number of esters is 1. The van der Waals surface area contributed by atoms with Crippen molar-refractivity contribution >= 4 is 11.9 Å². The fourth-order valence-corrected chi connectivity index (χ4v) is 2.81. The smallest absolute Gasteiger partial charge is 0.335 e. The van der Waals surface area contributed by atoms with Crippen LogP contribution in [0.5, 0.6) is 5.75 Å². The van der Waals surface area contributed by atoms with Crippen LogP contribution >= 0.6 is 0 Å². The molecule has 4 nitrogen and oxygen atoms in total. The highest BCUT2D eigenvalue weighted by atomic mass is 16.5. The van der Waals surface area contributed by atoms with E-state index in [1.807, 2.05) is 18.2 Å². The SMILES string of the molecule is CCCCCCCCC(=O)Oc1ccccc1-c1ccc(C(=O)O)cc1. The predicted octanol–water partition coefficient (Wildman–Crippen LogP) is 5.71. The van der Waals surface area contributed by atoms with Crippen LogP contribution < -0.4 is 4.74 Å². The van der Waals surface area contributed by atoms with Crippen molar-refractivity contribution in [1.29, 1.82) is 0 Å². The van der Waals surface area contributed by atoms with Crippen LogP contribution in [0.1, 0.15) is 62.2 Å². The molecule has 2 aromatic carbocycles. The molecule has 2 aromatic rings. The van der Waals surface area contributed by atoms with Crippen molar-refractivity contribution in [3.8, 4) is 16.9 Å². The molecule has 0 aliphatic rings. The van der Waals surface area contributed by atoms with E-state index in [0.29, 0.717) is 12.2 Å². The summed E-state index contributed by atoms with van der Waals surface area (Å²) in [5, 5.41) is 9.00. The molecule has 0 bridgehead atoms. The van der Waals surface area contributed by atoms with Gasteiger partial charge in [0.2, 0.25) is 0 Å². The molecule has 26 heavy (non-hydrogen) atoms. The lowest BCUT2D eigenvalue weighted by atomic mass is 10.0. The van der Waals surface area contributed by atoms with Gasteiger partial charge in [-0.2, -0.15) is 0 Å². The molecular formula is C22H26O4. The van der Waals surface area contributed by atoms with Gasteiger partial charge in [0, 0.05) is 12.0 Å². The minimum atomic E-state index is -0.963. The fraction of sp³-hybridized carbons (Fsp3) is 0.364. The largest absolute Gasteiger partial charge is 0.478 e. The molecule has 2 rings (SSSR count). The first-order valence-electron chi connectivity index (χ1n) is 9.25. The highest BCUT2D eigenvalue weighted by molar-refractivity contribution is 5.88. The van der Waals surface area contributed by atoms with Crippen LogP contribution in [0.2, 0.25) is 0 Å². The van der Waals surface area contributed by atoms with Crippen LogP contribution in [0.4, 0.5) is 0 Å². The van der Waals surface area contributed by atoms with Crippen molar-refractivity contribution in [2.45, 2.75) is 51.9 Å². The average molecular weight is 354 g/mol. The third-order valence-electron chi connectivity index (χ3n) is 4.29. The predicted molar refractivity (Wildman–Crippen MR) is 102 cm³/mol. The molecule has 0 aliphatic heterocycles. The third-order valence-corrected chi connectivity index (χ3v) is 4.29. The number of hydrogen-bond donors (Lipinski definition) is 1. The fourth-order valence-electron chi connectivity index (χ4n) is 2.81. The van der Waals surface area contributed by atoms with E-state index in [4.69, 9.17) is 9.84 Å². The summed E-state index contributed by atoms with van der Waals surface area (Å²) in [5.74, 6) is -0.683. The Balaban J connectivity index is 1.96. The van der Waals surface area contributed by atoms with E-state index in [1.165, 1.54) is 19.3 Å². The molecule has 0 spiro atoms. The maximum absolute atomic E-state index is 12.1. The van der Waals surface area contributed by atoms with Crippen LogP contribution in [0.25, 0.3) is 11.1 Å². The normalized spacial score (nSPS) is 10.5. The zero-order chi connectivity index (χ0) is 18.8. The number of unbranched alkanes of at least 4 members (excludes halogenated alkanes) is 5. The summed E-state index contributed by atoms with van der Waals surface area (Å²) in [6, 6.07) is 13.9. The number of carbonyl (C=O) groups excluding carboxylic acids is 1. The number of carboxylic acids is 1. The number of ether oxygens (including phenoxy) is 1. The van der Waals surface area contributed by atoms with Gasteiger partial charge in [-0.25, -0.2) is 4.79 Å². The van der Waals surface area contributed by atoms with Gasteiger partial charge in [-0.1, -0.05) is 69.4 Å². The minimum absolute atomic E-state index is 0.227. The number of aromatic carboxylic acids is 1. The Bertz CT molecular complexity index is 719. The highest BCUT2D eigenvalue weighted by Gasteiger charge is 2.11. The molecule has 0 saturated carbocycles. The summed E-state index contributed by atoms with van der Waals surface area (Å²) in [4.78, 5) is 23.1. The van der Waals surface area contributed by atoms with Gasteiger partial charge in [0.1, 0.15) is 5.75 Å². The van der Waals surface area contributed by atoms with Crippen LogP contribution in [-0.4, -0.2) is 17.0 Å². The zero-order valence-corrected chi connectivity index (χ0v) is 15.2. The van der Waals surface area contributed by atoms with Gasteiger partial charge in [-0.05, 0) is 30.2 Å². The number of carbonyl (C=O) groups is 2. The molecule has 4 heteroatoms. The first kappa shape index (κ1) is 19.7. The maximum Gasteiger partial charge on any atom is 0.335 e. The van der Waals surface area contributed by atoms with Crippen molar-refractivity contribution < 1.29 is 19.4 Å². The Morgan fingerprint density at radius 3 is 2.23 bits per heavy atom. The van der Waals surface area contributed by atoms with Crippen molar-refractivity contribution in [1.82, 2.24) is 0 Å². The van der Waals surface area contributed by atoms with E-state index in [0.717, 1.165) is 30.4 Å². The lowest BCUT2D eigenvalue weighted by Crippen LogP contribution is -2.08. The van der Waals surface area contributed by atoms with Gasteiger partial charge in [-0.3, -0.25) is 4.79 Å². The summed E-state index contributed by atoms with van der Waals surface area (Å²) < 4.78 is 5.55. The lowest BCUT2D eigenvalue weighted by molar-refractivity contribution is -0.134. The number of rotatable bonds is 10. The van der Waals surface area contributed by atoms with E-state index in [-0.39, 0.29) is 11.5 Å². The Hall–Kier alpha value is -2.62. The van der Waals surface area contributed by atoms with Crippen molar-refractivity contribution in [3.63, 3.8) is 0 Å². The van der Waals surface area contributed by atoms with E-state index in [9.17, 15) is 9.59 Å². The quantitative estimate of drug-likeness (QED) is 0.337. The first-order valence-corrected chi connectivity index (χ1v) is 9.25. The molecule has 1 N–H and O–H groups in total. The molecule has 0 fully saturated rings. The summed E-state index contributed by atoms with van der Waals surface area (Å²) in [5.41, 5.74) is 1.82. The van der Waals surface area contributed by atoms with E-state index >= 15 is 0 Å². The Morgan fingerprint density at radius 1 is 0.885 bits per heavy atom. The topological polar surface area (TPSA) is 63.6 Å². The molecule has 0 atom stereocenters. The molecule has 0 amide bonds. The van der Waals surface area contributed by atoms with Crippen LogP contribution in [-0.2, 0) is 4.79 Å². The van der Waals surface area contributed by atoms with Gasteiger partial charge >= 0.3 is 11.9 Å². The van der Waals surface area contributed by atoms with Crippen molar-refractivity contribution in [2.24, 2.45) is 0 Å². The van der Waals surface area contributed by atoms with E-state index in [1.54, 1.807) is 30.3 Å². The lowest BCUT2D eigenvalue weighted by Gasteiger charge is -2.10. The first-order chi connectivity index (χ1) is 12.6. The Kier molecular flexibility index (Phi) is 7.87. The van der Waals surface area contributed by atoms with Crippen LogP contribution in [0.15, 0.2) is 48.5 Å². The van der Waals surface area contributed by atoms with Crippen molar-refractivity contribution in [2.75, 3.05) is 0 Å². The molecule has 0 unspecified atom stereocenters. The van der Waals surface area contributed by atoms with Gasteiger partial charge in [0.25, 0.3) is 0 Å². The molecule has 0 aromatic heterocycles. The molecule has 0 heterocycles. The summed E-state index contributed by atoms with van der Waals surface area (Å²) >= 11 is 0. The average Bonchev–Trinajstić information content (AvgIpc) is 2.65. The zero-order valence-electron chi connectivity index (χ0n) is 15.2. The van der Waals surface area contributed by atoms with Crippen LogP contribution in [0.3, 0.4) is 0 Å². The Labute approximate surface area is 154 Å². The number of carboxylic acid groups (broad SMARTS) is 1. The number of para-hydroxylation sites is 1. The van der Waals surface area contributed by atoms with E-state index < -0.39 is 5.97 Å². The minimum Gasteiger partial charge on any atom is -0.478 e. The monoisotopic (exact) mass is 354 g/mol. The van der Waals surface area contributed by atoms with Crippen molar-refractivity contribution in [3.05, 3.63) is 54.1 Å². The maximum atomic E-state index is 12.1. The molecule has 0 radical (unpaired) electrons. The highest BCUT2D eigenvalue weighted by Crippen LogP contribution is 2.30. The van der Waals surface area contributed by atoms with Gasteiger partial charge in [0.05, 0.1) is 5.56 Å². The van der Waals surface area contributed by atoms with Gasteiger partial charge in [-0.15, -0.1) is 0 Å². The van der Waals surface area contributed by atoms with E-state index in [2.05, 4.69) is 6.92 Å². The standard InChI is InChI=1S/C22H26O4/c1-2-3-4-5-6-7-12-21(23)26-20-11-9-8-10-19(20)17-13-15-18(16-14-17)22(24)25/h8-11,13-16H,2-7,12H2,1H3,(H,24,25).